The van der Waals surface area contributed by atoms with E-state index in [0.29, 0.717) is 5.75 Å². The molecule has 0 unspecified atom stereocenters. The molecule has 2 aromatic rings. The lowest BCUT2D eigenvalue weighted by Gasteiger charge is -2.30. The number of carbonyl (C=O) groups excluding carboxylic acids is 1. The number of hydrogen-bond acceptors (Lipinski definition) is 4. The number of ketones is 1. The van der Waals surface area contributed by atoms with E-state index in [1.807, 2.05) is 32.1 Å². The number of methoxy groups -OCH3 is 1. The van der Waals surface area contributed by atoms with Crippen molar-refractivity contribution in [2.24, 2.45) is 5.41 Å². The lowest BCUT2D eigenvalue weighted by Crippen LogP contribution is -2.22. The quantitative estimate of drug-likeness (QED) is 0.572. The van der Waals surface area contributed by atoms with E-state index in [1.54, 1.807) is 13.2 Å². The lowest BCUT2D eigenvalue weighted by atomic mass is 9.75. The Bertz CT molecular complexity index is 864. The van der Waals surface area contributed by atoms with Gasteiger partial charge in [-0.25, -0.2) is 0 Å². The minimum atomic E-state index is 0.0256. The predicted molar refractivity (Wildman–Crippen MR) is 108 cm³/mol. The number of allylic oxidation sites excluding steroid dienone is 1. The third-order valence-corrected chi connectivity index (χ3v) is 6.39. The first-order valence-corrected chi connectivity index (χ1v) is 9.74. The van der Waals surface area contributed by atoms with Crippen molar-refractivity contribution in [1.82, 2.24) is 0 Å². The van der Waals surface area contributed by atoms with Crippen molar-refractivity contribution < 1.29 is 14.6 Å². The second kappa shape index (κ2) is 6.92. The minimum absolute atomic E-state index is 0.0256. The lowest BCUT2D eigenvalue weighted by molar-refractivity contribution is 0.105. The highest BCUT2D eigenvalue weighted by Gasteiger charge is 2.32. The van der Waals surface area contributed by atoms with E-state index < -0.39 is 0 Å². The first-order valence-electron chi connectivity index (χ1n) is 8.93. The second-order valence-corrected chi connectivity index (χ2v) is 8.90. The Hall–Kier alpha value is -2.07. The summed E-state index contributed by atoms with van der Waals surface area (Å²) >= 11 is 1.47. The maximum Gasteiger partial charge on any atom is 0.196 e. The number of aryl methyl sites for hydroxylation is 2. The van der Waals surface area contributed by atoms with Crippen LogP contribution in [0.5, 0.6) is 10.8 Å². The van der Waals surface area contributed by atoms with Gasteiger partial charge in [0.25, 0.3) is 0 Å². The van der Waals surface area contributed by atoms with Gasteiger partial charge in [-0.3, -0.25) is 4.79 Å². The van der Waals surface area contributed by atoms with Crippen molar-refractivity contribution in [3.05, 3.63) is 50.9 Å². The molecule has 0 fully saturated rings. The average molecular weight is 371 g/mol. The maximum atomic E-state index is 12.8. The van der Waals surface area contributed by atoms with Gasteiger partial charge in [-0.2, -0.15) is 0 Å². The number of rotatable bonds is 4. The van der Waals surface area contributed by atoms with Crippen LogP contribution in [-0.4, -0.2) is 18.0 Å². The molecule has 0 saturated heterocycles. The van der Waals surface area contributed by atoms with E-state index in [4.69, 9.17) is 4.74 Å². The summed E-state index contributed by atoms with van der Waals surface area (Å²) in [7, 11) is 1.68. The summed E-state index contributed by atoms with van der Waals surface area (Å²) in [6.07, 6.45) is 6.42. The van der Waals surface area contributed by atoms with Crippen molar-refractivity contribution in [3.63, 3.8) is 0 Å². The van der Waals surface area contributed by atoms with Gasteiger partial charge < -0.3 is 9.84 Å². The number of thiophene rings is 1. The van der Waals surface area contributed by atoms with Crippen molar-refractivity contribution in [1.29, 1.82) is 0 Å². The molecule has 0 amide bonds. The van der Waals surface area contributed by atoms with Gasteiger partial charge in [-0.1, -0.05) is 31.3 Å². The summed E-state index contributed by atoms with van der Waals surface area (Å²) in [5, 5.41) is 10.8. The van der Waals surface area contributed by atoms with Gasteiger partial charge in [-0.15, -0.1) is 0 Å². The second-order valence-electron chi connectivity index (χ2n) is 7.92. The molecule has 0 saturated carbocycles. The Morgan fingerprint density at radius 3 is 2.50 bits per heavy atom. The molecule has 3 nitrogen and oxygen atoms in total. The third-order valence-electron chi connectivity index (χ3n) is 5.14. The van der Waals surface area contributed by atoms with Gasteiger partial charge in [0.05, 0.1) is 12.0 Å². The highest BCUT2D eigenvalue weighted by Crippen LogP contribution is 2.45. The Labute approximate surface area is 159 Å². The molecule has 3 rings (SSSR count). The van der Waals surface area contributed by atoms with Crippen molar-refractivity contribution >= 4 is 23.2 Å². The van der Waals surface area contributed by atoms with Crippen LogP contribution in [0.2, 0.25) is 0 Å². The van der Waals surface area contributed by atoms with Crippen LogP contribution in [0.25, 0.3) is 6.08 Å². The number of phenols is 1. The van der Waals surface area contributed by atoms with E-state index in [2.05, 4.69) is 13.8 Å². The van der Waals surface area contributed by atoms with Gasteiger partial charge in [-0.05, 0) is 79.0 Å². The van der Waals surface area contributed by atoms with E-state index in [1.165, 1.54) is 22.5 Å². The molecule has 1 aliphatic carbocycles. The third kappa shape index (κ3) is 3.56. The molecule has 1 aromatic carbocycles. The van der Waals surface area contributed by atoms with Crippen molar-refractivity contribution in [2.45, 2.75) is 47.0 Å². The number of ether oxygens (including phenoxy) is 1. The first-order chi connectivity index (χ1) is 12.2. The number of fused-ring (bicyclic) bond motifs is 1. The molecule has 4 heteroatoms. The standard InChI is InChI=1S/C22H26O3S/c1-13-10-15(11-14(2)19(13)24)6-7-18(23)20-16-8-9-22(3,4)12-17(16)21(25-5)26-20/h6-7,10-11,24H,8-9,12H2,1-5H3/b7-6+. The zero-order valence-corrected chi connectivity index (χ0v) is 16.9. The fraction of sp³-hybridized carbons (Fsp3) is 0.409. The molecule has 0 aliphatic heterocycles. The van der Waals surface area contributed by atoms with Crippen LogP contribution in [0.4, 0.5) is 0 Å². The average Bonchev–Trinajstić information content (AvgIpc) is 2.94. The maximum absolute atomic E-state index is 12.8. The Morgan fingerprint density at radius 1 is 1.23 bits per heavy atom. The van der Waals surface area contributed by atoms with Gasteiger partial charge in [0.2, 0.25) is 0 Å². The van der Waals surface area contributed by atoms with Crippen molar-refractivity contribution in [3.8, 4) is 10.8 Å². The fourth-order valence-electron chi connectivity index (χ4n) is 3.65. The Balaban J connectivity index is 1.91. The number of benzene rings is 1. The summed E-state index contributed by atoms with van der Waals surface area (Å²) in [4.78, 5) is 13.6. The molecule has 1 aliphatic rings. The number of aromatic hydroxyl groups is 1. The van der Waals surface area contributed by atoms with Gasteiger partial charge in [0.1, 0.15) is 5.75 Å². The van der Waals surface area contributed by atoms with E-state index in [9.17, 15) is 9.90 Å². The molecule has 26 heavy (non-hydrogen) atoms. The Kier molecular flexibility index (Phi) is 4.98. The molecule has 0 radical (unpaired) electrons. The predicted octanol–water partition coefficient (Wildman–Crippen LogP) is 5.49. The SMILES string of the molecule is COc1sc(C(=O)/C=C/c2cc(C)c(O)c(C)c2)c2c1CC(C)(C)CC2. The summed E-state index contributed by atoms with van der Waals surface area (Å²) in [5.41, 5.74) is 5.17. The Morgan fingerprint density at radius 2 is 1.88 bits per heavy atom. The highest BCUT2D eigenvalue weighted by molar-refractivity contribution is 7.16. The molecular formula is C22H26O3S. The van der Waals surface area contributed by atoms with Gasteiger partial charge in [0, 0.05) is 5.56 Å². The summed E-state index contributed by atoms with van der Waals surface area (Å²) in [6.45, 7) is 8.27. The first kappa shape index (κ1) is 18.7. The number of carbonyl (C=O) groups is 1. The fourth-order valence-corrected chi connectivity index (χ4v) is 4.75. The van der Waals surface area contributed by atoms with Crippen LogP contribution in [0.3, 0.4) is 0 Å². The van der Waals surface area contributed by atoms with Crippen LogP contribution in [-0.2, 0) is 12.8 Å². The van der Waals surface area contributed by atoms with Crippen LogP contribution >= 0.6 is 11.3 Å². The summed E-state index contributed by atoms with van der Waals surface area (Å²) < 4.78 is 5.56. The van der Waals surface area contributed by atoms with Crippen molar-refractivity contribution in [2.75, 3.05) is 7.11 Å². The van der Waals surface area contributed by atoms with E-state index in [-0.39, 0.29) is 11.2 Å². The molecule has 1 aromatic heterocycles. The number of hydrogen-bond donors (Lipinski definition) is 1. The summed E-state index contributed by atoms with van der Waals surface area (Å²) in [6, 6.07) is 3.78. The van der Waals surface area contributed by atoms with E-state index >= 15 is 0 Å². The topological polar surface area (TPSA) is 46.5 Å². The van der Waals surface area contributed by atoms with Crippen LogP contribution < -0.4 is 4.74 Å². The molecule has 138 valence electrons. The van der Waals surface area contributed by atoms with Crippen LogP contribution in [0, 0.1) is 19.3 Å². The normalized spacial score (nSPS) is 15.9. The summed E-state index contributed by atoms with van der Waals surface area (Å²) in [5.74, 6) is 0.339. The smallest absolute Gasteiger partial charge is 0.196 e. The van der Waals surface area contributed by atoms with Crippen LogP contribution in [0.15, 0.2) is 18.2 Å². The molecule has 0 bridgehead atoms. The van der Waals surface area contributed by atoms with Gasteiger partial charge in [0.15, 0.2) is 10.8 Å². The number of phenolic OH excluding ortho intramolecular Hbond substituents is 1. The molecule has 1 heterocycles. The zero-order chi connectivity index (χ0) is 19.1. The molecular weight excluding hydrogens is 344 g/mol. The highest BCUT2D eigenvalue weighted by atomic mass is 32.1. The van der Waals surface area contributed by atoms with E-state index in [0.717, 1.165) is 45.9 Å². The monoisotopic (exact) mass is 370 g/mol. The van der Waals surface area contributed by atoms with Gasteiger partial charge >= 0.3 is 0 Å². The largest absolute Gasteiger partial charge is 0.507 e. The molecule has 0 atom stereocenters. The van der Waals surface area contributed by atoms with Crippen LogP contribution in [0.1, 0.15) is 57.8 Å². The molecule has 0 spiro atoms. The minimum Gasteiger partial charge on any atom is -0.507 e. The molecule has 1 N–H and O–H groups in total. The zero-order valence-electron chi connectivity index (χ0n) is 16.1.